The molecule has 1 amide bonds. The molecule has 0 aliphatic heterocycles. The number of hydrogen-bond donors (Lipinski definition) is 1. The highest BCUT2D eigenvalue weighted by molar-refractivity contribution is 9.10. The van der Waals surface area contributed by atoms with Crippen molar-refractivity contribution < 1.29 is 19.4 Å². The van der Waals surface area contributed by atoms with Gasteiger partial charge < -0.3 is 19.5 Å². The number of halogens is 1. The lowest BCUT2D eigenvalue weighted by molar-refractivity contribution is -0.132. The molecule has 2 aromatic rings. The summed E-state index contributed by atoms with van der Waals surface area (Å²) in [4.78, 5) is 13.7. The number of phenolic OH excluding ortho intramolecular Hbond substituents is 1. The van der Waals surface area contributed by atoms with Crippen LogP contribution in [0, 0.1) is 0 Å². The van der Waals surface area contributed by atoms with Gasteiger partial charge in [-0.05, 0) is 30.3 Å². The Bertz CT molecular complexity index is 690. The summed E-state index contributed by atoms with van der Waals surface area (Å²) in [5, 5.41) is 9.62. The Morgan fingerprint density at radius 2 is 1.96 bits per heavy atom. The normalized spacial score (nSPS) is 10.2. The first-order valence-corrected chi connectivity index (χ1v) is 7.77. The van der Waals surface area contributed by atoms with E-state index in [0.717, 1.165) is 15.8 Å². The van der Waals surface area contributed by atoms with E-state index < -0.39 is 0 Å². The number of phenols is 1. The number of nitrogens with zero attached hydrogens (tertiary/aromatic N) is 1. The third kappa shape index (κ3) is 4.63. The molecule has 0 aliphatic rings. The first-order chi connectivity index (χ1) is 11.0. The average Bonchev–Trinajstić information content (AvgIpc) is 2.54. The largest absolute Gasteiger partial charge is 0.504 e. The number of hydrogen-bond acceptors (Lipinski definition) is 4. The van der Waals surface area contributed by atoms with Gasteiger partial charge in [-0.25, -0.2) is 0 Å². The lowest BCUT2D eigenvalue weighted by Gasteiger charge is -2.19. The molecule has 2 aromatic carbocycles. The van der Waals surface area contributed by atoms with Gasteiger partial charge >= 0.3 is 0 Å². The number of rotatable bonds is 6. The molecular weight excluding hydrogens is 362 g/mol. The number of methoxy groups -OCH3 is 1. The predicted molar refractivity (Wildman–Crippen MR) is 90.8 cm³/mol. The summed E-state index contributed by atoms with van der Waals surface area (Å²) >= 11 is 3.41. The lowest BCUT2D eigenvalue weighted by Crippen LogP contribution is -2.31. The van der Waals surface area contributed by atoms with Gasteiger partial charge in [0.2, 0.25) is 0 Å². The monoisotopic (exact) mass is 379 g/mol. The first-order valence-electron chi connectivity index (χ1n) is 6.98. The molecule has 122 valence electrons. The average molecular weight is 380 g/mol. The van der Waals surface area contributed by atoms with Gasteiger partial charge in [-0.3, -0.25) is 4.79 Å². The van der Waals surface area contributed by atoms with Crippen molar-refractivity contribution in [1.29, 1.82) is 0 Å². The zero-order chi connectivity index (χ0) is 16.8. The Balaban J connectivity index is 1.98. The van der Waals surface area contributed by atoms with E-state index in [9.17, 15) is 9.90 Å². The minimum Gasteiger partial charge on any atom is -0.504 e. The van der Waals surface area contributed by atoms with Crippen LogP contribution in [0.5, 0.6) is 17.2 Å². The summed E-state index contributed by atoms with van der Waals surface area (Å²) in [7, 11) is 3.28. The molecule has 0 fully saturated rings. The number of ether oxygens (including phenoxy) is 2. The fraction of sp³-hybridized carbons (Fsp3) is 0.235. The molecule has 2 rings (SSSR count). The van der Waals surface area contributed by atoms with E-state index in [2.05, 4.69) is 15.9 Å². The smallest absolute Gasteiger partial charge is 0.260 e. The van der Waals surface area contributed by atoms with Crippen molar-refractivity contribution in [2.24, 2.45) is 0 Å². The van der Waals surface area contributed by atoms with Gasteiger partial charge in [0.1, 0.15) is 5.75 Å². The van der Waals surface area contributed by atoms with Crippen molar-refractivity contribution in [3.05, 3.63) is 52.5 Å². The number of carbonyl (C=O) groups is 1. The standard InChI is InChI=1S/C17H18BrNO4/c1-19(10-12-9-13(18)7-8-15(12)22-2)17(21)11-23-16-6-4-3-5-14(16)20/h3-9,20H,10-11H2,1-2H3. The molecule has 0 radical (unpaired) electrons. The van der Waals surface area contributed by atoms with Gasteiger partial charge in [-0.1, -0.05) is 28.1 Å². The van der Waals surface area contributed by atoms with Crippen LogP contribution >= 0.6 is 15.9 Å². The van der Waals surface area contributed by atoms with Crippen molar-refractivity contribution in [1.82, 2.24) is 4.90 Å². The second kappa shape index (κ2) is 7.87. The number of carbonyl (C=O) groups excluding carboxylic acids is 1. The van der Waals surface area contributed by atoms with Crippen LogP contribution in [0.2, 0.25) is 0 Å². The molecule has 0 bridgehead atoms. The number of benzene rings is 2. The zero-order valence-electron chi connectivity index (χ0n) is 13.0. The minimum absolute atomic E-state index is 0.0108. The summed E-state index contributed by atoms with van der Waals surface area (Å²) in [6.07, 6.45) is 0. The van der Waals surface area contributed by atoms with Crippen LogP contribution in [0.15, 0.2) is 46.9 Å². The van der Waals surface area contributed by atoms with E-state index in [1.54, 1.807) is 37.3 Å². The molecule has 0 unspecified atom stereocenters. The molecule has 0 atom stereocenters. The predicted octanol–water partition coefficient (Wildman–Crippen LogP) is 3.20. The number of aromatic hydroxyl groups is 1. The van der Waals surface area contributed by atoms with Crippen LogP contribution in [0.1, 0.15) is 5.56 Å². The van der Waals surface area contributed by atoms with Gasteiger partial charge in [0.15, 0.2) is 18.1 Å². The van der Waals surface area contributed by atoms with Crippen LogP contribution < -0.4 is 9.47 Å². The Morgan fingerprint density at radius 3 is 2.65 bits per heavy atom. The second-order valence-electron chi connectivity index (χ2n) is 4.96. The van der Waals surface area contributed by atoms with Crippen LogP contribution in [-0.4, -0.2) is 36.7 Å². The molecule has 0 aliphatic carbocycles. The molecule has 0 spiro atoms. The fourth-order valence-corrected chi connectivity index (χ4v) is 2.45. The van der Waals surface area contributed by atoms with E-state index in [4.69, 9.17) is 9.47 Å². The van der Waals surface area contributed by atoms with Crippen molar-refractivity contribution >= 4 is 21.8 Å². The molecule has 1 N–H and O–H groups in total. The van der Waals surface area contributed by atoms with E-state index in [-0.39, 0.29) is 24.0 Å². The molecule has 23 heavy (non-hydrogen) atoms. The van der Waals surface area contributed by atoms with E-state index in [1.165, 1.54) is 6.07 Å². The number of para-hydroxylation sites is 2. The maximum Gasteiger partial charge on any atom is 0.260 e. The first kappa shape index (κ1) is 17.1. The Kier molecular flexibility index (Phi) is 5.87. The summed E-state index contributed by atoms with van der Waals surface area (Å²) in [6, 6.07) is 12.2. The van der Waals surface area contributed by atoms with Gasteiger partial charge in [-0.2, -0.15) is 0 Å². The molecule has 0 aromatic heterocycles. The molecule has 0 heterocycles. The molecule has 5 nitrogen and oxygen atoms in total. The fourth-order valence-electron chi connectivity index (χ4n) is 2.04. The quantitative estimate of drug-likeness (QED) is 0.836. The number of likely N-dealkylation sites (N-methyl/N-ethyl adjacent to an activating group) is 1. The third-order valence-corrected chi connectivity index (χ3v) is 3.79. The van der Waals surface area contributed by atoms with Crippen LogP contribution in [0.25, 0.3) is 0 Å². The number of amides is 1. The highest BCUT2D eigenvalue weighted by Crippen LogP contribution is 2.25. The summed E-state index contributed by atoms with van der Waals surface area (Å²) in [5.74, 6) is 0.815. The Morgan fingerprint density at radius 1 is 1.22 bits per heavy atom. The Hall–Kier alpha value is -2.21. The Labute approximate surface area is 143 Å². The van der Waals surface area contributed by atoms with Crippen molar-refractivity contribution in [3.63, 3.8) is 0 Å². The molecule has 0 saturated carbocycles. The second-order valence-corrected chi connectivity index (χ2v) is 5.88. The zero-order valence-corrected chi connectivity index (χ0v) is 14.5. The molecule has 0 saturated heterocycles. The summed E-state index contributed by atoms with van der Waals surface area (Å²) in [6.45, 7) is 0.246. The van der Waals surface area contributed by atoms with Crippen LogP contribution in [0.4, 0.5) is 0 Å². The van der Waals surface area contributed by atoms with Crippen LogP contribution in [-0.2, 0) is 11.3 Å². The lowest BCUT2D eigenvalue weighted by atomic mass is 10.2. The van der Waals surface area contributed by atoms with E-state index >= 15 is 0 Å². The van der Waals surface area contributed by atoms with Crippen molar-refractivity contribution in [2.45, 2.75) is 6.54 Å². The maximum atomic E-state index is 12.2. The SMILES string of the molecule is COc1ccc(Br)cc1CN(C)C(=O)COc1ccccc1O. The minimum atomic E-state index is -0.199. The highest BCUT2D eigenvalue weighted by atomic mass is 79.9. The van der Waals surface area contributed by atoms with Crippen LogP contribution in [0.3, 0.4) is 0 Å². The maximum absolute atomic E-state index is 12.2. The summed E-state index contributed by atoms with van der Waals surface area (Å²) < 4.78 is 11.6. The summed E-state index contributed by atoms with van der Waals surface area (Å²) in [5.41, 5.74) is 0.889. The molecular formula is C17H18BrNO4. The van der Waals surface area contributed by atoms with E-state index in [1.807, 2.05) is 18.2 Å². The van der Waals surface area contributed by atoms with Crippen molar-refractivity contribution in [3.8, 4) is 17.2 Å². The van der Waals surface area contributed by atoms with E-state index in [0.29, 0.717) is 6.54 Å². The highest BCUT2D eigenvalue weighted by Gasteiger charge is 2.14. The van der Waals surface area contributed by atoms with Gasteiger partial charge in [0.25, 0.3) is 5.91 Å². The third-order valence-electron chi connectivity index (χ3n) is 3.29. The van der Waals surface area contributed by atoms with Gasteiger partial charge in [-0.15, -0.1) is 0 Å². The van der Waals surface area contributed by atoms with Crippen molar-refractivity contribution in [2.75, 3.05) is 20.8 Å². The topological polar surface area (TPSA) is 59.0 Å². The molecule has 6 heteroatoms. The van der Waals surface area contributed by atoms with Gasteiger partial charge in [0, 0.05) is 23.6 Å². The van der Waals surface area contributed by atoms with Gasteiger partial charge in [0.05, 0.1) is 7.11 Å².